The first kappa shape index (κ1) is 12.2. The second-order valence-electron chi connectivity index (χ2n) is 4.27. The summed E-state index contributed by atoms with van der Waals surface area (Å²) in [4.78, 5) is 6.04. The zero-order valence-corrected chi connectivity index (χ0v) is 9.92. The van der Waals surface area contributed by atoms with Crippen molar-refractivity contribution >= 4 is 5.82 Å². The largest absolute Gasteiger partial charge is 0.366 e. The first-order chi connectivity index (χ1) is 8.20. The number of hydrogen-bond donors (Lipinski definition) is 1. The quantitative estimate of drug-likeness (QED) is 0.828. The number of anilines is 1. The third-order valence-corrected chi connectivity index (χ3v) is 2.97. The van der Waals surface area contributed by atoms with Gasteiger partial charge in [0.05, 0.1) is 6.20 Å². The van der Waals surface area contributed by atoms with Crippen molar-refractivity contribution in [2.24, 2.45) is 0 Å². The molecule has 0 radical (unpaired) electrons. The molecule has 0 amide bonds. The van der Waals surface area contributed by atoms with E-state index >= 15 is 0 Å². The van der Waals surface area contributed by atoms with Crippen LogP contribution in [0.4, 0.5) is 14.6 Å². The summed E-state index contributed by atoms with van der Waals surface area (Å²) in [6.07, 6.45) is 3.54. The van der Waals surface area contributed by atoms with Crippen LogP contribution in [0, 0.1) is 11.6 Å². The van der Waals surface area contributed by atoms with Crippen LogP contribution in [-0.4, -0.2) is 35.6 Å². The van der Waals surface area contributed by atoms with Crippen molar-refractivity contribution in [3.8, 4) is 0 Å². The van der Waals surface area contributed by atoms with Gasteiger partial charge < -0.3 is 5.32 Å². The molecule has 0 saturated heterocycles. The molecule has 0 atom stereocenters. The second-order valence-corrected chi connectivity index (χ2v) is 4.27. The lowest BCUT2D eigenvalue weighted by atomic mass is 10.4. The highest BCUT2D eigenvalue weighted by Crippen LogP contribution is 2.26. The summed E-state index contributed by atoms with van der Waals surface area (Å²) in [5.74, 6) is -1.17. The van der Waals surface area contributed by atoms with Crippen molar-refractivity contribution in [3.63, 3.8) is 0 Å². The summed E-state index contributed by atoms with van der Waals surface area (Å²) in [6, 6.07) is 1.54. The van der Waals surface area contributed by atoms with Crippen LogP contribution in [0.25, 0.3) is 0 Å². The fourth-order valence-corrected chi connectivity index (χ4v) is 1.90. The average Bonchev–Trinajstić information content (AvgIpc) is 3.11. The highest BCUT2D eigenvalue weighted by atomic mass is 19.1. The molecule has 0 aliphatic heterocycles. The normalized spacial score (nSPS) is 15.3. The molecule has 1 fully saturated rings. The van der Waals surface area contributed by atoms with E-state index in [1.54, 1.807) is 0 Å². The van der Waals surface area contributed by atoms with Gasteiger partial charge in [0.2, 0.25) is 0 Å². The van der Waals surface area contributed by atoms with Crippen molar-refractivity contribution < 1.29 is 8.78 Å². The van der Waals surface area contributed by atoms with E-state index in [-0.39, 0.29) is 5.82 Å². The van der Waals surface area contributed by atoms with Crippen LogP contribution in [0.15, 0.2) is 12.3 Å². The van der Waals surface area contributed by atoms with Gasteiger partial charge in [-0.3, -0.25) is 4.90 Å². The molecule has 0 unspecified atom stereocenters. The number of pyridine rings is 1. The molecule has 0 aromatic carbocycles. The molecule has 5 heteroatoms. The number of nitrogens with zero attached hydrogens (tertiary/aromatic N) is 2. The van der Waals surface area contributed by atoms with E-state index in [1.165, 1.54) is 12.8 Å². The van der Waals surface area contributed by atoms with Crippen LogP contribution < -0.4 is 5.32 Å². The van der Waals surface area contributed by atoms with Gasteiger partial charge >= 0.3 is 0 Å². The van der Waals surface area contributed by atoms with Gasteiger partial charge in [-0.15, -0.1) is 0 Å². The standard InChI is InChI=1S/C12H17F2N3/c1-2-17(10-3-4-10)6-5-15-12-11(14)7-9(13)8-16-12/h7-8,10H,2-6H2,1H3,(H,15,16). The molecule has 0 bridgehead atoms. The van der Waals surface area contributed by atoms with Gasteiger partial charge in [-0.25, -0.2) is 13.8 Å². The average molecular weight is 241 g/mol. The minimum Gasteiger partial charge on any atom is -0.366 e. The number of nitrogens with one attached hydrogen (secondary N) is 1. The Bertz CT molecular complexity index is 380. The van der Waals surface area contributed by atoms with Crippen LogP contribution in [0.3, 0.4) is 0 Å². The number of aromatic nitrogens is 1. The smallest absolute Gasteiger partial charge is 0.168 e. The van der Waals surface area contributed by atoms with Crippen molar-refractivity contribution in [1.82, 2.24) is 9.88 Å². The Morgan fingerprint density at radius 2 is 2.24 bits per heavy atom. The number of rotatable bonds is 6. The Labute approximate surface area is 99.8 Å². The van der Waals surface area contributed by atoms with Crippen LogP contribution in [0.1, 0.15) is 19.8 Å². The first-order valence-corrected chi connectivity index (χ1v) is 5.99. The first-order valence-electron chi connectivity index (χ1n) is 5.99. The van der Waals surface area contributed by atoms with Gasteiger partial charge in [0, 0.05) is 25.2 Å². The minimum atomic E-state index is -0.652. The van der Waals surface area contributed by atoms with E-state index in [0.29, 0.717) is 12.6 Å². The number of halogens is 2. The summed E-state index contributed by atoms with van der Waals surface area (Å²) in [7, 11) is 0. The third-order valence-electron chi connectivity index (χ3n) is 2.97. The Kier molecular flexibility index (Phi) is 3.89. The molecule has 1 N–H and O–H groups in total. The van der Waals surface area contributed by atoms with Crippen LogP contribution in [0.5, 0.6) is 0 Å². The van der Waals surface area contributed by atoms with Crippen LogP contribution in [0.2, 0.25) is 0 Å². The molecule has 0 spiro atoms. The molecule has 1 heterocycles. The van der Waals surface area contributed by atoms with E-state index in [4.69, 9.17) is 0 Å². The molecular weight excluding hydrogens is 224 g/mol. The molecule has 1 saturated carbocycles. The van der Waals surface area contributed by atoms with E-state index < -0.39 is 11.6 Å². The molecule has 1 aromatic rings. The summed E-state index contributed by atoms with van der Waals surface area (Å²) < 4.78 is 25.9. The Balaban J connectivity index is 1.80. The minimum absolute atomic E-state index is 0.123. The Morgan fingerprint density at radius 1 is 1.47 bits per heavy atom. The molecular formula is C12H17F2N3. The van der Waals surface area contributed by atoms with Gasteiger partial charge in [0.1, 0.15) is 5.82 Å². The third kappa shape index (κ3) is 3.36. The zero-order chi connectivity index (χ0) is 12.3. The number of hydrogen-bond acceptors (Lipinski definition) is 3. The summed E-state index contributed by atoms with van der Waals surface area (Å²) in [5, 5.41) is 2.89. The summed E-state index contributed by atoms with van der Waals surface area (Å²) in [5.41, 5.74) is 0. The second kappa shape index (κ2) is 5.40. The predicted molar refractivity (Wildman–Crippen MR) is 62.9 cm³/mol. The Hall–Kier alpha value is -1.23. The van der Waals surface area contributed by atoms with E-state index in [1.807, 2.05) is 0 Å². The molecule has 1 aliphatic rings. The van der Waals surface area contributed by atoms with E-state index in [2.05, 4.69) is 22.1 Å². The molecule has 1 aliphatic carbocycles. The summed E-state index contributed by atoms with van der Waals surface area (Å²) in [6.45, 7) is 4.61. The van der Waals surface area contributed by atoms with Crippen molar-refractivity contribution in [3.05, 3.63) is 23.9 Å². The Morgan fingerprint density at radius 3 is 2.82 bits per heavy atom. The lowest BCUT2D eigenvalue weighted by Gasteiger charge is -2.19. The van der Waals surface area contributed by atoms with Crippen LogP contribution >= 0.6 is 0 Å². The molecule has 17 heavy (non-hydrogen) atoms. The maximum absolute atomic E-state index is 13.2. The van der Waals surface area contributed by atoms with Crippen LogP contribution in [-0.2, 0) is 0 Å². The lowest BCUT2D eigenvalue weighted by molar-refractivity contribution is 0.288. The maximum atomic E-state index is 13.2. The zero-order valence-electron chi connectivity index (χ0n) is 9.92. The summed E-state index contributed by atoms with van der Waals surface area (Å²) >= 11 is 0. The predicted octanol–water partition coefficient (Wildman–Crippen LogP) is 2.26. The van der Waals surface area contributed by atoms with Gasteiger partial charge in [-0.1, -0.05) is 6.92 Å². The monoisotopic (exact) mass is 241 g/mol. The topological polar surface area (TPSA) is 28.2 Å². The SMILES string of the molecule is CCN(CCNc1ncc(F)cc1F)C1CC1. The fourth-order valence-electron chi connectivity index (χ4n) is 1.90. The molecule has 94 valence electrons. The van der Waals surface area contributed by atoms with Gasteiger partial charge in [-0.2, -0.15) is 0 Å². The lowest BCUT2D eigenvalue weighted by Crippen LogP contribution is -2.31. The van der Waals surface area contributed by atoms with Gasteiger partial charge in [0.25, 0.3) is 0 Å². The van der Waals surface area contributed by atoms with Crippen molar-refractivity contribution in [2.45, 2.75) is 25.8 Å². The maximum Gasteiger partial charge on any atom is 0.168 e. The van der Waals surface area contributed by atoms with Gasteiger partial charge in [0.15, 0.2) is 11.6 Å². The fraction of sp³-hybridized carbons (Fsp3) is 0.583. The molecule has 3 nitrogen and oxygen atoms in total. The highest BCUT2D eigenvalue weighted by molar-refractivity contribution is 5.35. The number of likely N-dealkylation sites (N-methyl/N-ethyl adjacent to an activating group) is 1. The van der Waals surface area contributed by atoms with E-state index in [9.17, 15) is 8.78 Å². The van der Waals surface area contributed by atoms with Crippen molar-refractivity contribution in [1.29, 1.82) is 0 Å². The van der Waals surface area contributed by atoms with Crippen molar-refractivity contribution in [2.75, 3.05) is 25.0 Å². The van der Waals surface area contributed by atoms with E-state index in [0.717, 1.165) is 25.4 Å². The van der Waals surface area contributed by atoms with Gasteiger partial charge in [-0.05, 0) is 19.4 Å². The highest BCUT2D eigenvalue weighted by Gasteiger charge is 2.27. The molecule has 2 rings (SSSR count). The molecule has 1 aromatic heterocycles.